The lowest BCUT2D eigenvalue weighted by atomic mass is 9.92. The number of hydrogen-bond donors (Lipinski definition) is 1. The second-order valence-electron chi connectivity index (χ2n) is 7.67. The third kappa shape index (κ3) is 5.28. The number of benzene rings is 1. The SMILES string of the molecule is COCCn1c(-c2ccsc2)nn(CC(=O)NC(C)(C)c2cccc(C(F)(F)F)c2)c1=O. The van der Waals surface area contributed by atoms with Crippen molar-refractivity contribution in [3.8, 4) is 11.4 Å². The van der Waals surface area contributed by atoms with Crippen LogP contribution in [0.3, 0.4) is 0 Å². The lowest BCUT2D eigenvalue weighted by Gasteiger charge is -2.27. The van der Waals surface area contributed by atoms with E-state index in [9.17, 15) is 22.8 Å². The van der Waals surface area contributed by atoms with Crippen LogP contribution in [0, 0.1) is 0 Å². The number of amides is 1. The molecule has 1 aromatic carbocycles. The van der Waals surface area contributed by atoms with E-state index in [-0.39, 0.29) is 25.3 Å². The van der Waals surface area contributed by atoms with Gasteiger partial charge in [0.05, 0.1) is 24.3 Å². The molecule has 0 unspecified atom stereocenters. The molecule has 32 heavy (non-hydrogen) atoms. The normalized spacial score (nSPS) is 12.2. The molecule has 0 atom stereocenters. The Bertz CT molecular complexity index is 1130. The zero-order valence-corrected chi connectivity index (χ0v) is 18.6. The molecule has 3 aromatic rings. The van der Waals surface area contributed by atoms with Gasteiger partial charge in [-0.3, -0.25) is 9.36 Å². The number of carbonyl (C=O) groups excluding carboxylic acids is 1. The Morgan fingerprint density at radius 1 is 1.22 bits per heavy atom. The van der Waals surface area contributed by atoms with Crippen LogP contribution in [0.1, 0.15) is 25.0 Å². The van der Waals surface area contributed by atoms with Crippen LogP contribution in [0.5, 0.6) is 0 Å². The van der Waals surface area contributed by atoms with Gasteiger partial charge >= 0.3 is 11.9 Å². The van der Waals surface area contributed by atoms with Gasteiger partial charge in [-0.15, -0.1) is 5.10 Å². The number of nitrogens with one attached hydrogen (secondary N) is 1. The molecule has 0 aliphatic rings. The molecule has 2 aromatic heterocycles. The molecule has 7 nitrogen and oxygen atoms in total. The summed E-state index contributed by atoms with van der Waals surface area (Å²) in [7, 11) is 1.52. The summed E-state index contributed by atoms with van der Waals surface area (Å²) in [6.45, 7) is 3.36. The second kappa shape index (κ2) is 9.29. The molecular formula is C21H23F3N4O3S. The van der Waals surface area contributed by atoms with Crippen LogP contribution in [-0.4, -0.2) is 34.0 Å². The summed E-state index contributed by atoms with van der Waals surface area (Å²) in [6, 6.07) is 6.59. The Morgan fingerprint density at radius 3 is 2.56 bits per heavy atom. The molecule has 0 saturated heterocycles. The van der Waals surface area contributed by atoms with Crippen molar-refractivity contribution in [3.63, 3.8) is 0 Å². The number of methoxy groups -OCH3 is 1. The Morgan fingerprint density at radius 2 is 1.94 bits per heavy atom. The summed E-state index contributed by atoms with van der Waals surface area (Å²) in [4.78, 5) is 25.5. The fourth-order valence-electron chi connectivity index (χ4n) is 3.21. The molecule has 0 aliphatic carbocycles. The van der Waals surface area contributed by atoms with E-state index >= 15 is 0 Å². The Hall–Kier alpha value is -2.92. The number of aromatic nitrogens is 3. The molecule has 2 heterocycles. The van der Waals surface area contributed by atoms with E-state index in [0.29, 0.717) is 5.82 Å². The van der Waals surface area contributed by atoms with Crippen molar-refractivity contribution < 1.29 is 22.7 Å². The van der Waals surface area contributed by atoms with Crippen LogP contribution in [0.2, 0.25) is 0 Å². The molecule has 0 bridgehead atoms. The highest BCUT2D eigenvalue weighted by Crippen LogP contribution is 2.32. The number of rotatable bonds is 8. The molecule has 172 valence electrons. The summed E-state index contributed by atoms with van der Waals surface area (Å²) in [5, 5.41) is 10.7. The van der Waals surface area contributed by atoms with Gasteiger partial charge in [0, 0.05) is 18.1 Å². The van der Waals surface area contributed by atoms with Gasteiger partial charge < -0.3 is 10.1 Å². The third-order valence-electron chi connectivity index (χ3n) is 4.88. The van der Waals surface area contributed by atoms with Gasteiger partial charge in [0.15, 0.2) is 5.82 Å². The number of ether oxygens (including phenoxy) is 1. The van der Waals surface area contributed by atoms with Crippen molar-refractivity contribution in [1.29, 1.82) is 0 Å². The fourth-order valence-corrected chi connectivity index (χ4v) is 3.85. The highest BCUT2D eigenvalue weighted by Gasteiger charge is 2.32. The van der Waals surface area contributed by atoms with Gasteiger partial charge in [0.2, 0.25) is 5.91 Å². The summed E-state index contributed by atoms with van der Waals surface area (Å²) >= 11 is 1.45. The monoisotopic (exact) mass is 468 g/mol. The van der Waals surface area contributed by atoms with Crippen molar-refractivity contribution in [2.24, 2.45) is 0 Å². The van der Waals surface area contributed by atoms with Gasteiger partial charge in [-0.1, -0.05) is 12.1 Å². The van der Waals surface area contributed by atoms with Gasteiger partial charge in [0.1, 0.15) is 6.54 Å². The van der Waals surface area contributed by atoms with E-state index in [4.69, 9.17) is 4.74 Å². The maximum Gasteiger partial charge on any atom is 0.416 e. The first-order valence-electron chi connectivity index (χ1n) is 9.71. The lowest BCUT2D eigenvalue weighted by Crippen LogP contribution is -2.44. The van der Waals surface area contributed by atoms with Crippen molar-refractivity contribution in [3.05, 3.63) is 62.7 Å². The van der Waals surface area contributed by atoms with E-state index < -0.39 is 28.9 Å². The molecule has 11 heteroatoms. The van der Waals surface area contributed by atoms with Gasteiger partial charge in [-0.05, 0) is 43.0 Å². The zero-order valence-electron chi connectivity index (χ0n) is 17.8. The molecular weight excluding hydrogens is 445 g/mol. The highest BCUT2D eigenvalue weighted by atomic mass is 32.1. The van der Waals surface area contributed by atoms with Crippen molar-refractivity contribution >= 4 is 17.2 Å². The average Bonchev–Trinajstić information content (AvgIpc) is 3.34. The molecule has 0 spiro atoms. The van der Waals surface area contributed by atoms with E-state index in [1.807, 2.05) is 16.8 Å². The lowest BCUT2D eigenvalue weighted by molar-refractivity contribution is -0.137. The molecule has 3 rings (SSSR count). The third-order valence-corrected chi connectivity index (χ3v) is 5.56. The standard InChI is InChI=1S/C21H23F3N4O3S/c1-20(2,15-5-4-6-16(11-15)21(22,23)24)25-17(29)12-28-19(30)27(8-9-31-3)18(26-28)14-7-10-32-13-14/h4-7,10-11,13H,8-9,12H2,1-3H3,(H,25,29). The summed E-state index contributed by atoms with van der Waals surface area (Å²) in [5.41, 5.74) is -1.35. The minimum Gasteiger partial charge on any atom is -0.383 e. The van der Waals surface area contributed by atoms with Crippen LogP contribution in [0.15, 0.2) is 45.9 Å². The summed E-state index contributed by atoms with van der Waals surface area (Å²) in [5.74, 6) is -0.138. The van der Waals surface area contributed by atoms with Crippen molar-refractivity contribution in [1.82, 2.24) is 19.7 Å². The molecule has 0 radical (unpaired) electrons. The topological polar surface area (TPSA) is 78.2 Å². The van der Waals surface area contributed by atoms with Crippen molar-refractivity contribution in [2.75, 3.05) is 13.7 Å². The van der Waals surface area contributed by atoms with Crippen LogP contribution in [0.4, 0.5) is 13.2 Å². The number of halogens is 3. The maximum atomic E-state index is 13.1. The van der Waals surface area contributed by atoms with Crippen LogP contribution >= 0.6 is 11.3 Å². The molecule has 0 fully saturated rings. The first kappa shape index (κ1) is 23.7. The van der Waals surface area contributed by atoms with Crippen LogP contribution < -0.4 is 11.0 Å². The maximum absolute atomic E-state index is 13.1. The Kier molecular flexibility index (Phi) is 6.89. The number of alkyl halides is 3. The smallest absolute Gasteiger partial charge is 0.383 e. The van der Waals surface area contributed by atoms with Gasteiger partial charge in [-0.25, -0.2) is 9.48 Å². The number of hydrogen-bond acceptors (Lipinski definition) is 5. The van der Waals surface area contributed by atoms with E-state index in [2.05, 4.69) is 10.4 Å². The van der Waals surface area contributed by atoms with E-state index in [1.165, 1.54) is 35.1 Å². The second-order valence-corrected chi connectivity index (χ2v) is 8.45. The van der Waals surface area contributed by atoms with Gasteiger partial charge in [-0.2, -0.15) is 24.5 Å². The number of nitrogens with zero attached hydrogens (tertiary/aromatic N) is 3. The predicted molar refractivity (Wildman–Crippen MR) is 114 cm³/mol. The van der Waals surface area contributed by atoms with Gasteiger partial charge in [0.25, 0.3) is 0 Å². The average molecular weight is 469 g/mol. The van der Waals surface area contributed by atoms with Crippen LogP contribution in [0.25, 0.3) is 11.4 Å². The minimum absolute atomic E-state index is 0.262. The largest absolute Gasteiger partial charge is 0.416 e. The first-order chi connectivity index (χ1) is 15.0. The minimum atomic E-state index is -4.49. The Labute approximate surface area is 186 Å². The molecule has 0 saturated carbocycles. The molecule has 1 N–H and O–H groups in total. The first-order valence-corrected chi connectivity index (χ1v) is 10.6. The predicted octanol–water partition coefficient (Wildman–Crippen LogP) is 3.49. The molecule has 0 aliphatic heterocycles. The Balaban J connectivity index is 1.82. The highest BCUT2D eigenvalue weighted by molar-refractivity contribution is 7.08. The van der Waals surface area contributed by atoms with Crippen molar-refractivity contribution in [2.45, 2.75) is 38.7 Å². The number of carbonyl (C=O) groups is 1. The zero-order chi connectivity index (χ0) is 23.5. The van der Waals surface area contributed by atoms with E-state index in [0.717, 1.165) is 22.4 Å². The summed E-state index contributed by atoms with van der Waals surface area (Å²) in [6.07, 6.45) is -4.49. The van der Waals surface area contributed by atoms with Crippen LogP contribution in [-0.2, 0) is 34.3 Å². The number of thiophene rings is 1. The molecule has 1 amide bonds. The quantitative estimate of drug-likeness (QED) is 0.549. The summed E-state index contributed by atoms with van der Waals surface area (Å²) < 4.78 is 46.7. The fraction of sp³-hybridized carbons (Fsp3) is 0.381. The van der Waals surface area contributed by atoms with E-state index in [1.54, 1.807) is 13.8 Å².